The summed E-state index contributed by atoms with van der Waals surface area (Å²) in [5.74, 6) is 0.624. The van der Waals surface area contributed by atoms with Gasteiger partial charge in [-0.05, 0) is 63.2 Å². The van der Waals surface area contributed by atoms with Crippen molar-refractivity contribution in [2.24, 2.45) is 0 Å². The minimum atomic E-state index is -3.51. The molecule has 1 aliphatic carbocycles. The molecule has 1 heterocycles. The van der Waals surface area contributed by atoms with E-state index >= 15 is 0 Å². The Bertz CT molecular complexity index is 809. The van der Waals surface area contributed by atoms with Crippen LogP contribution < -0.4 is 4.72 Å². The van der Waals surface area contributed by atoms with Gasteiger partial charge >= 0.3 is 0 Å². The summed E-state index contributed by atoms with van der Waals surface area (Å²) < 4.78 is 31.3. The molecule has 1 atom stereocenters. The number of sulfonamides is 1. The average Bonchev–Trinajstić information content (AvgIpc) is 3.26. The molecule has 0 spiro atoms. The highest BCUT2D eigenvalue weighted by atomic mass is 32.2. The molecule has 6 nitrogen and oxygen atoms in total. The summed E-state index contributed by atoms with van der Waals surface area (Å²) in [5, 5.41) is 0. The third kappa shape index (κ3) is 3.22. The Morgan fingerprint density at radius 1 is 1.25 bits per heavy atom. The molecule has 1 aromatic carbocycles. The number of rotatable bonds is 6. The molecular formula is C17H20N2O4S. The van der Waals surface area contributed by atoms with E-state index in [0.29, 0.717) is 5.56 Å². The van der Waals surface area contributed by atoms with Crippen LogP contribution in [-0.2, 0) is 10.0 Å². The topological polar surface area (TPSA) is 79.6 Å². The number of nitrogens with one attached hydrogen (secondary N) is 1. The van der Waals surface area contributed by atoms with Crippen molar-refractivity contribution in [3.8, 4) is 0 Å². The van der Waals surface area contributed by atoms with Crippen LogP contribution in [0, 0.1) is 0 Å². The minimum Gasteiger partial charge on any atom is -0.467 e. The maximum atomic E-state index is 12.9. The van der Waals surface area contributed by atoms with Crippen LogP contribution in [0.5, 0.6) is 0 Å². The quantitative estimate of drug-likeness (QED) is 0.870. The van der Waals surface area contributed by atoms with Gasteiger partial charge in [0, 0.05) is 11.6 Å². The SMILES string of the molecule is CNS(=O)(=O)c1ccc(C(=O)N(C2CC2)[C@@H](C)c2ccco2)cc1. The number of amides is 1. The van der Waals surface area contributed by atoms with Gasteiger partial charge in [-0.25, -0.2) is 13.1 Å². The highest BCUT2D eigenvalue weighted by Crippen LogP contribution is 2.35. The van der Waals surface area contributed by atoms with Crippen LogP contribution in [-0.4, -0.2) is 32.3 Å². The summed E-state index contributed by atoms with van der Waals surface area (Å²) in [7, 11) is -2.15. The van der Waals surface area contributed by atoms with Crippen molar-refractivity contribution in [3.05, 3.63) is 54.0 Å². The van der Waals surface area contributed by atoms with E-state index in [-0.39, 0.29) is 22.9 Å². The van der Waals surface area contributed by atoms with Gasteiger partial charge in [-0.2, -0.15) is 0 Å². The summed E-state index contributed by atoms with van der Waals surface area (Å²) >= 11 is 0. The van der Waals surface area contributed by atoms with Gasteiger partial charge in [0.15, 0.2) is 0 Å². The first-order valence-electron chi connectivity index (χ1n) is 7.83. The summed E-state index contributed by atoms with van der Waals surface area (Å²) in [6, 6.07) is 9.70. The van der Waals surface area contributed by atoms with Crippen molar-refractivity contribution in [2.45, 2.75) is 36.7 Å². The van der Waals surface area contributed by atoms with Crippen LogP contribution >= 0.6 is 0 Å². The maximum Gasteiger partial charge on any atom is 0.254 e. The van der Waals surface area contributed by atoms with E-state index in [0.717, 1.165) is 18.6 Å². The number of furan rings is 1. The normalized spacial score (nSPS) is 15.9. The molecule has 0 bridgehead atoms. The maximum absolute atomic E-state index is 12.9. The lowest BCUT2D eigenvalue weighted by atomic mass is 10.1. The largest absolute Gasteiger partial charge is 0.467 e. The molecule has 1 aliphatic rings. The summed E-state index contributed by atoms with van der Waals surface area (Å²) in [6.07, 6.45) is 3.55. The number of hydrogen-bond donors (Lipinski definition) is 1. The molecule has 0 saturated heterocycles. The van der Waals surface area contributed by atoms with E-state index in [2.05, 4.69) is 4.72 Å². The molecule has 2 aromatic rings. The molecule has 1 saturated carbocycles. The number of carbonyl (C=O) groups excluding carboxylic acids is 1. The number of nitrogens with zero attached hydrogens (tertiary/aromatic N) is 1. The van der Waals surface area contributed by atoms with Gasteiger partial charge in [0.1, 0.15) is 5.76 Å². The van der Waals surface area contributed by atoms with Gasteiger partial charge in [0.05, 0.1) is 17.2 Å². The van der Waals surface area contributed by atoms with Gasteiger partial charge < -0.3 is 9.32 Å². The zero-order chi connectivity index (χ0) is 17.3. The highest BCUT2D eigenvalue weighted by Gasteiger charge is 2.37. The lowest BCUT2D eigenvalue weighted by molar-refractivity contribution is 0.0652. The molecule has 24 heavy (non-hydrogen) atoms. The molecule has 0 unspecified atom stereocenters. The zero-order valence-corrected chi connectivity index (χ0v) is 14.4. The van der Waals surface area contributed by atoms with Gasteiger partial charge in [-0.3, -0.25) is 4.79 Å². The second kappa shape index (κ2) is 6.41. The van der Waals surface area contributed by atoms with Crippen molar-refractivity contribution in [3.63, 3.8) is 0 Å². The molecule has 1 amide bonds. The predicted molar refractivity (Wildman–Crippen MR) is 89.0 cm³/mol. The van der Waals surface area contributed by atoms with E-state index in [1.165, 1.54) is 19.2 Å². The van der Waals surface area contributed by atoms with Crippen LogP contribution in [0.25, 0.3) is 0 Å². The third-order valence-electron chi connectivity index (χ3n) is 4.23. The van der Waals surface area contributed by atoms with Gasteiger partial charge in [-0.1, -0.05) is 0 Å². The molecule has 0 aliphatic heterocycles. The minimum absolute atomic E-state index is 0.116. The first-order chi connectivity index (χ1) is 11.4. The van der Waals surface area contributed by atoms with Crippen molar-refractivity contribution in [2.75, 3.05) is 7.05 Å². The number of benzene rings is 1. The lowest BCUT2D eigenvalue weighted by Gasteiger charge is -2.28. The molecular weight excluding hydrogens is 328 g/mol. The lowest BCUT2D eigenvalue weighted by Crippen LogP contribution is -2.35. The van der Waals surface area contributed by atoms with Crippen LogP contribution in [0.3, 0.4) is 0 Å². The predicted octanol–water partition coefficient (Wildman–Crippen LogP) is 2.55. The second-order valence-electron chi connectivity index (χ2n) is 5.87. The van der Waals surface area contributed by atoms with Crippen molar-refractivity contribution in [1.29, 1.82) is 0 Å². The van der Waals surface area contributed by atoms with Gasteiger partial charge in [-0.15, -0.1) is 0 Å². The first-order valence-corrected chi connectivity index (χ1v) is 9.32. The van der Waals surface area contributed by atoms with Crippen molar-refractivity contribution in [1.82, 2.24) is 9.62 Å². The molecule has 7 heteroatoms. The Kier molecular flexibility index (Phi) is 4.47. The number of hydrogen-bond acceptors (Lipinski definition) is 4. The number of carbonyl (C=O) groups is 1. The molecule has 1 fully saturated rings. The smallest absolute Gasteiger partial charge is 0.254 e. The summed E-state index contributed by atoms with van der Waals surface area (Å²) in [5.41, 5.74) is 0.468. The summed E-state index contributed by atoms with van der Waals surface area (Å²) in [4.78, 5) is 14.9. The van der Waals surface area contributed by atoms with Crippen LogP contribution in [0.1, 0.15) is 41.9 Å². The molecule has 0 radical (unpaired) electrons. The molecule has 3 rings (SSSR count). The Morgan fingerprint density at radius 2 is 1.92 bits per heavy atom. The Hall–Kier alpha value is -2.12. The van der Waals surface area contributed by atoms with Gasteiger partial charge in [0.25, 0.3) is 5.91 Å². The van der Waals surface area contributed by atoms with E-state index in [1.807, 2.05) is 17.9 Å². The van der Waals surface area contributed by atoms with E-state index < -0.39 is 10.0 Å². The van der Waals surface area contributed by atoms with Crippen molar-refractivity contribution >= 4 is 15.9 Å². The zero-order valence-electron chi connectivity index (χ0n) is 13.6. The Morgan fingerprint density at radius 3 is 2.42 bits per heavy atom. The monoisotopic (exact) mass is 348 g/mol. The Labute approximate surface area is 141 Å². The molecule has 1 aromatic heterocycles. The standard InChI is InChI=1S/C17H20N2O4S/c1-12(16-4-3-11-23-16)19(14-7-8-14)17(20)13-5-9-15(10-6-13)24(21,22)18-2/h3-6,9-12,14,18H,7-8H2,1-2H3/t12-/m0/s1. The second-order valence-corrected chi connectivity index (χ2v) is 7.75. The molecule has 128 valence electrons. The van der Waals surface area contributed by atoms with E-state index in [1.54, 1.807) is 24.5 Å². The van der Waals surface area contributed by atoms with Crippen molar-refractivity contribution < 1.29 is 17.6 Å². The van der Waals surface area contributed by atoms with E-state index in [4.69, 9.17) is 4.42 Å². The van der Waals surface area contributed by atoms with Crippen LogP contribution in [0.4, 0.5) is 0 Å². The van der Waals surface area contributed by atoms with Crippen LogP contribution in [0.2, 0.25) is 0 Å². The Balaban J connectivity index is 1.86. The fourth-order valence-electron chi connectivity index (χ4n) is 2.72. The fraction of sp³-hybridized carbons (Fsp3) is 0.353. The first kappa shape index (κ1) is 16.7. The average molecular weight is 348 g/mol. The third-order valence-corrected chi connectivity index (χ3v) is 5.66. The van der Waals surface area contributed by atoms with Gasteiger partial charge in [0.2, 0.25) is 10.0 Å². The summed E-state index contributed by atoms with van der Waals surface area (Å²) in [6.45, 7) is 1.94. The van der Waals surface area contributed by atoms with Crippen LogP contribution in [0.15, 0.2) is 52.0 Å². The fourth-order valence-corrected chi connectivity index (χ4v) is 3.45. The highest BCUT2D eigenvalue weighted by molar-refractivity contribution is 7.89. The molecule has 1 N–H and O–H groups in total. The van der Waals surface area contributed by atoms with E-state index in [9.17, 15) is 13.2 Å².